The van der Waals surface area contributed by atoms with Gasteiger partial charge in [0.25, 0.3) is 5.56 Å². The highest BCUT2D eigenvalue weighted by molar-refractivity contribution is 6.33. The van der Waals surface area contributed by atoms with Crippen molar-refractivity contribution in [3.8, 4) is 11.1 Å². The Morgan fingerprint density at radius 3 is 2.52 bits per heavy atom. The fourth-order valence-corrected chi connectivity index (χ4v) is 5.33. The molecule has 0 radical (unpaired) electrons. The number of nitrogens with one attached hydrogen (secondary N) is 2. The number of fused-ring (bicyclic) bond motifs is 1. The van der Waals surface area contributed by atoms with Crippen LogP contribution in [0.25, 0.3) is 22.2 Å². The number of hydroxylamine groups is 1. The Labute approximate surface area is 237 Å². The van der Waals surface area contributed by atoms with Crippen LogP contribution < -0.4 is 21.3 Å². The van der Waals surface area contributed by atoms with Crippen LogP contribution in [-0.4, -0.2) is 64.7 Å². The van der Waals surface area contributed by atoms with Gasteiger partial charge in [-0.3, -0.25) is 9.36 Å². The molecule has 4 heterocycles. The normalized spacial score (nSPS) is 17.6. The lowest BCUT2D eigenvalue weighted by atomic mass is 10.0. The first kappa shape index (κ1) is 26.2. The molecule has 1 atom stereocenters. The van der Waals surface area contributed by atoms with E-state index in [1.165, 1.54) is 5.69 Å². The van der Waals surface area contributed by atoms with Crippen LogP contribution in [0.2, 0.25) is 5.02 Å². The van der Waals surface area contributed by atoms with Crippen LogP contribution in [0.5, 0.6) is 0 Å². The van der Waals surface area contributed by atoms with E-state index in [0.717, 1.165) is 42.8 Å². The van der Waals surface area contributed by atoms with Crippen LogP contribution in [0.3, 0.4) is 0 Å². The SMILES string of the molecule is CCn1c(=O)c(-c2ccc(C3=NC(C)ON3)cc2Cl)cc2cnc(Nc3ccc(N4CCN(C)CC4)cc3)nc21. The molecule has 40 heavy (non-hydrogen) atoms. The molecule has 2 aromatic heterocycles. The molecule has 0 spiro atoms. The molecule has 0 saturated carbocycles. The molecule has 1 saturated heterocycles. The van der Waals surface area contributed by atoms with E-state index in [2.05, 4.69) is 49.8 Å². The van der Waals surface area contributed by atoms with Crippen molar-refractivity contribution in [1.82, 2.24) is 24.9 Å². The fraction of sp³-hybridized carbons (Fsp3) is 0.310. The van der Waals surface area contributed by atoms with Gasteiger partial charge in [0, 0.05) is 77.4 Å². The van der Waals surface area contributed by atoms with Gasteiger partial charge in [0.1, 0.15) is 5.65 Å². The molecule has 206 valence electrons. The van der Waals surface area contributed by atoms with E-state index < -0.39 is 0 Å². The number of piperazine rings is 1. The Balaban J connectivity index is 1.27. The number of aryl methyl sites for hydroxylation is 1. The summed E-state index contributed by atoms with van der Waals surface area (Å²) in [5.41, 5.74) is 7.18. The van der Waals surface area contributed by atoms with Gasteiger partial charge in [0.15, 0.2) is 12.1 Å². The van der Waals surface area contributed by atoms with Gasteiger partial charge in [0.2, 0.25) is 5.95 Å². The van der Waals surface area contributed by atoms with Gasteiger partial charge in [-0.2, -0.15) is 4.98 Å². The number of hydrogen-bond donors (Lipinski definition) is 2. The Hall–Kier alpha value is -3.99. The monoisotopic (exact) mass is 558 g/mol. The molecule has 2 N–H and O–H groups in total. The Bertz CT molecular complexity index is 1640. The van der Waals surface area contributed by atoms with Crippen LogP contribution >= 0.6 is 11.6 Å². The van der Waals surface area contributed by atoms with Crippen LogP contribution in [0.1, 0.15) is 19.4 Å². The number of benzene rings is 2. The smallest absolute Gasteiger partial charge is 0.260 e. The van der Waals surface area contributed by atoms with Crippen LogP contribution in [0.15, 0.2) is 64.5 Å². The summed E-state index contributed by atoms with van der Waals surface area (Å²) in [5, 5.41) is 4.47. The highest BCUT2D eigenvalue weighted by atomic mass is 35.5. The summed E-state index contributed by atoms with van der Waals surface area (Å²) in [6.07, 6.45) is 1.46. The first-order chi connectivity index (χ1) is 19.4. The molecular formula is C29H31ClN8O2. The van der Waals surface area contributed by atoms with Crippen molar-refractivity contribution in [3.05, 3.63) is 75.7 Å². The van der Waals surface area contributed by atoms with Crippen molar-refractivity contribution >= 4 is 45.8 Å². The van der Waals surface area contributed by atoms with Crippen LogP contribution in [0.4, 0.5) is 17.3 Å². The quantitative estimate of drug-likeness (QED) is 0.362. The number of halogens is 1. The molecule has 2 aliphatic heterocycles. The Morgan fingerprint density at radius 1 is 1.07 bits per heavy atom. The third kappa shape index (κ3) is 5.13. The Kier molecular flexibility index (Phi) is 7.14. The molecular weight excluding hydrogens is 528 g/mol. The minimum absolute atomic E-state index is 0.167. The number of pyridine rings is 1. The van der Waals surface area contributed by atoms with Gasteiger partial charge < -0.3 is 15.1 Å². The van der Waals surface area contributed by atoms with E-state index in [0.29, 0.717) is 40.1 Å². The average molecular weight is 559 g/mol. The zero-order chi connectivity index (χ0) is 27.8. The second kappa shape index (κ2) is 10.9. The van der Waals surface area contributed by atoms with Crippen molar-refractivity contribution in [2.24, 2.45) is 4.99 Å². The first-order valence-electron chi connectivity index (χ1n) is 13.4. The standard InChI is InChI=1S/C29H31ClN8O2/c1-4-38-27-20(15-24(28(38)39)23-10-5-19(16-25(23)30)26-32-18(2)40-35-26)17-31-29(34-27)33-21-6-8-22(9-7-21)37-13-11-36(3)12-14-37/h5-10,15-18H,4,11-14H2,1-3H3,(H,32,35)(H,31,33,34). The van der Waals surface area contributed by atoms with Gasteiger partial charge in [-0.15, -0.1) is 0 Å². The maximum absolute atomic E-state index is 13.6. The highest BCUT2D eigenvalue weighted by Crippen LogP contribution is 2.29. The number of likely N-dealkylation sites (N-methyl/N-ethyl adjacent to an activating group) is 1. The van der Waals surface area contributed by atoms with E-state index in [9.17, 15) is 4.79 Å². The summed E-state index contributed by atoms with van der Waals surface area (Å²) < 4.78 is 1.65. The Morgan fingerprint density at radius 2 is 1.85 bits per heavy atom. The lowest BCUT2D eigenvalue weighted by Crippen LogP contribution is -2.44. The zero-order valence-corrected chi connectivity index (χ0v) is 23.4. The van der Waals surface area contributed by atoms with Crippen LogP contribution in [-0.2, 0) is 11.4 Å². The maximum Gasteiger partial charge on any atom is 0.260 e. The van der Waals surface area contributed by atoms with Gasteiger partial charge in [0.05, 0.1) is 0 Å². The summed E-state index contributed by atoms with van der Waals surface area (Å²) >= 11 is 6.66. The first-order valence-corrected chi connectivity index (χ1v) is 13.8. The average Bonchev–Trinajstić information content (AvgIpc) is 3.40. The van der Waals surface area contributed by atoms with E-state index in [1.807, 2.05) is 38.1 Å². The van der Waals surface area contributed by atoms with Crippen molar-refractivity contribution in [2.45, 2.75) is 26.6 Å². The van der Waals surface area contributed by atoms with E-state index >= 15 is 0 Å². The number of anilines is 3. The molecule has 4 aromatic rings. The van der Waals surface area contributed by atoms with Gasteiger partial charge >= 0.3 is 0 Å². The minimum atomic E-state index is -0.272. The third-order valence-corrected chi connectivity index (χ3v) is 7.62. The van der Waals surface area contributed by atoms with Crippen molar-refractivity contribution < 1.29 is 4.84 Å². The molecule has 0 amide bonds. The van der Waals surface area contributed by atoms with E-state index in [1.54, 1.807) is 22.9 Å². The maximum atomic E-state index is 13.6. The second-order valence-electron chi connectivity index (χ2n) is 10.0. The molecule has 11 heteroatoms. The molecule has 6 rings (SSSR count). The third-order valence-electron chi connectivity index (χ3n) is 7.30. The van der Waals surface area contributed by atoms with Crippen molar-refractivity contribution in [1.29, 1.82) is 0 Å². The zero-order valence-electron chi connectivity index (χ0n) is 22.7. The summed E-state index contributed by atoms with van der Waals surface area (Å²) in [6, 6.07) is 15.6. The topological polar surface area (TPSA) is 99.9 Å². The molecule has 1 unspecified atom stereocenters. The van der Waals surface area contributed by atoms with Gasteiger partial charge in [-0.25, -0.2) is 20.3 Å². The molecule has 0 bridgehead atoms. The molecule has 2 aliphatic rings. The summed E-state index contributed by atoms with van der Waals surface area (Å²) in [7, 11) is 2.15. The van der Waals surface area contributed by atoms with Gasteiger partial charge in [-0.05, 0) is 57.3 Å². The fourth-order valence-electron chi connectivity index (χ4n) is 5.04. The second-order valence-corrected chi connectivity index (χ2v) is 10.4. The van der Waals surface area contributed by atoms with E-state index in [4.69, 9.17) is 21.4 Å². The van der Waals surface area contributed by atoms with Crippen molar-refractivity contribution in [2.75, 3.05) is 43.4 Å². The molecule has 10 nitrogen and oxygen atoms in total. The lowest BCUT2D eigenvalue weighted by molar-refractivity contribution is 0.0504. The van der Waals surface area contributed by atoms with Crippen LogP contribution in [0, 0.1) is 0 Å². The number of amidine groups is 1. The lowest BCUT2D eigenvalue weighted by Gasteiger charge is -2.34. The molecule has 0 aliphatic carbocycles. The summed E-state index contributed by atoms with van der Waals surface area (Å²) in [5.74, 6) is 1.03. The largest absolute Gasteiger partial charge is 0.369 e. The summed E-state index contributed by atoms with van der Waals surface area (Å²) in [4.78, 5) is 37.2. The van der Waals surface area contributed by atoms with Gasteiger partial charge in [-0.1, -0.05) is 23.7 Å². The predicted molar refractivity (Wildman–Crippen MR) is 160 cm³/mol. The summed E-state index contributed by atoms with van der Waals surface area (Å²) in [6.45, 7) is 8.37. The predicted octanol–water partition coefficient (Wildman–Crippen LogP) is 4.25. The number of nitrogens with zero attached hydrogens (tertiary/aromatic N) is 6. The number of aliphatic imine (C=N–C) groups is 1. The molecule has 2 aromatic carbocycles. The minimum Gasteiger partial charge on any atom is -0.369 e. The number of hydrogen-bond acceptors (Lipinski definition) is 9. The number of rotatable bonds is 6. The highest BCUT2D eigenvalue weighted by Gasteiger charge is 2.19. The number of aromatic nitrogens is 3. The van der Waals surface area contributed by atoms with E-state index in [-0.39, 0.29) is 11.8 Å². The molecule has 1 fully saturated rings. The van der Waals surface area contributed by atoms with Crippen molar-refractivity contribution in [3.63, 3.8) is 0 Å².